The Morgan fingerprint density at radius 1 is 1.20 bits per heavy atom. The average molecular weight is 426 g/mol. The second kappa shape index (κ2) is 8.51. The molecule has 0 radical (unpaired) electrons. The second-order valence-corrected chi connectivity index (χ2v) is 9.11. The summed E-state index contributed by atoms with van der Waals surface area (Å²) in [5, 5.41) is 8.64. The highest BCUT2D eigenvalue weighted by molar-refractivity contribution is 7.11. The molecule has 158 valence electrons. The molecule has 1 saturated heterocycles. The van der Waals surface area contributed by atoms with Crippen molar-refractivity contribution in [3.63, 3.8) is 0 Å². The van der Waals surface area contributed by atoms with Crippen LogP contribution in [0.2, 0.25) is 0 Å². The summed E-state index contributed by atoms with van der Waals surface area (Å²) in [6.45, 7) is 10.0. The zero-order valence-electron chi connectivity index (χ0n) is 17.8. The fourth-order valence-corrected chi connectivity index (χ4v) is 4.81. The number of nitrogens with one attached hydrogen (secondary N) is 1. The van der Waals surface area contributed by atoms with E-state index < -0.39 is 0 Å². The zero-order chi connectivity index (χ0) is 21.3. The molecule has 3 aromatic heterocycles. The third-order valence-electron chi connectivity index (χ3n) is 5.40. The van der Waals surface area contributed by atoms with Gasteiger partial charge in [0.25, 0.3) is 0 Å². The van der Waals surface area contributed by atoms with Crippen LogP contribution >= 0.6 is 11.3 Å². The lowest BCUT2D eigenvalue weighted by molar-refractivity contribution is -0.125. The first-order chi connectivity index (χ1) is 14.4. The number of carbonyl (C=O) groups excluding carboxylic acids is 1. The Morgan fingerprint density at radius 3 is 2.70 bits per heavy atom. The normalized spacial score (nSPS) is 16.7. The Bertz CT molecular complexity index is 1060. The standard InChI is InChI=1S/C21H27N7OS/c1-13-8-14(2)28(26-13)20-9-19(23-12-24-20)27-7-5-6-17(11-27)21(29)22-10-18-15(3)25-16(4)30-18/h8-9,12,17H,5-7,10-11H2,1-4H3,(H,22,29)/t17-/m1/s1. The molecule has 0 spiro atoms. The molecule has 9 heteroatoms. The summed E-state index contributed by atoms with van der Waals surface area (Å²) in [6, 6.07) is 3.97. The molecule has 4 rings (SSSR count). The van der Waals surface area contributed by atoms with E-state index in [0.717, 1.165) is 58.0 Å². The van der Waals surface area contributed by atoms with Crippen molar-refractivity contribution in [3.8, 4) is 5.82 Å². The van der Waals surface area contributed by atoms with Gasteiger partial charge in [-0.25, -0.2) is 19.6 Å². The summed E-state index contributed by atoms with van der Waals surface area (Å²) in [7, 11) is 0. The van der Waals surface area contributed by atoms with Crippen molar-refractivity contribution >= 4 is 23.1 Å². The topological polar surface area (TPSA) is 88.8 Å². The number of hydrogen-bond donors (Lipinski definition) is 1. The second-order valence-electron chi connectivity index (χ2n) is 7.82. The monoisotopic (exact) mass is 425 g/mol. The van der Waals surface area contributed by atoms with Crippen molar-refractivity contribution in [2.75, 3.05) is 18.0 Å². The largest absolute Gasteiger partial charge is 0.356 e. The van der Waals surface area contributed by atoms with E-state index in [4.69, 9.17) is 0 Å². The van der Waals surface area contributed by atoms with Crippen molar-refractivity contribution in [2.24, 2.45) is 5.92 Å². The van der Waals surface area contributed by atoms with Crippen LogP contribution in [0.4, 0.5) is 5.82 Å². The van der Waals surface area contributed by atoms with Gasteiger partial charge in [-0.3, -0.25) is 4.79 Å². The van der Waals surface area contributed by atoms with Crippen LogP contribution in [0.3, 0.4) is 0 Å². The zero-order valence-corrected chi connectivity index (χ0v) is 18.7. The van der Waals surface area contributed by atoms with E-state index >= 15 is 0 Å². The number of amides is 1. The lowest BCUT2D eigenvalue weighted by Gasteiger charge is -2.32. The van der Waals surface area contributed by atoms with Gasteiger partial charge < -0.3 is 10.2 Å². The fraction of sp³-hybridized carbons (Fsp3) is 0.476. The van der Waals surface area contributed by atoms with Crippen LogP contribution in [-0.2, 0) is 11.3 Å². The summed E-state index contributed by atoms with van der Waals surface area (Å²) in [5.41, 5.74) is 2.98. The molecule has 1 amide bonds. The molecular weight excluding hydrogens is 398 g/mol. The number of anilines is 1. The fourth-order valence-electron chi connectivity index (χ4n) is 3.94. The van der Waals surface area contributed by atoms with Gasteiger partial charge in [0.2, 0.25) is 5.91 Å². The molecule has 0 aromatic carbocycles. The maximum Gasteiger partial charge on any atom is 0.225 e. The first-order valence-corrected chi connectivity index (χ1v) is 11.0. The highest BCUT2D eigenvalue weighted by Gasteiger charge is 2.27. The Morgan fingerprint density at radius 2 is 2.00 bits per heavy atom. The molecular formula is C21H27N7OS. The number of carbonyl (C=O) groups is 1. The molecule has 0 aliphatic carbocycles. The smallest absolute Gasteiger partial charge is 0.225 e. The van der Waals surface area contributed by atoms with Crippen LogP contribution in [-0.4, -0.2) is 43.7 Å². The Hall–Kier alpha value is -2.81. The molecule has 1 atom stereocenters. The molecule has 3 aromatic rings. The third kappa shape index (κ3) is 4.35. The first kappa shape index (κ1) is 20.5. The Labute approximate surface area is 180 Å². The van der Waals surface area contributed by atoms with Gasteiger partial charge in [0.05, 0.1) is 28.9 Å². The predicted octanol–water partition coefficient (Wildman–Crippen LogP) is 2.89. The lowest BCUT2D eigenvalue weighted by Crippen LogP contribution is -2.43. The van der Waals surface area contributed by atoms with Crippen LogP contribution in [0, 0.1) is 33.6 Å². The van der Waals surface area contributed by atoms with Gasteiger partial charge in [0, 0.05) is 29.7 Å². The highest BCUT2D eigenvalue weighted by Crippen LogP contribution is 2.24. The van der Waals surface area contributed by atoms with Crippen molar-refractivity contribution in [1.29, 1.82) is 0 Å². The predicted molar refractivity (Wildman–Crippen MR) is 117 cm³/mol. The minimum absolute atomic E-state index is 0.0554. The number of nitrogens with zero attached hydrogens (tertiary/aromatic N) is 6. The maximum atomic E-state index is 12.8. The van der Waals surface area contributed by atoms with Gasteiger partial charge in [-0.1, -0.05) is 0 Å². The van der Waals surface area contributed by atoms with Gasteiger partial charge in [0.1, 0.15) is 12.1 Å². The lowest BCUT2D eigenvalue weighted by atomic mass is 9.97. The van der Waals surface area contributed by atoms with Gasteiger partial charge >= 0.3 is 0 Å². The van der Waals surface area contributed by atoms with Gasteiger partial charge in [0.15, 0.2) is 5.82 Å². The minimum atomic E-state index is -0.0554. The summed E-state index contributed by atoms with van der Waals surface area (Å²) in [4.78, 5) is 29.4. The van der Waals surface area contributed by atoms with E-state index in [1.807, 2.05) is 44.5 Å². The van der Waals surface area contributed by atoms with Crippen molar-refractivity contribution in [3.05, 3.63) is 45.4 Å². The molecule has 0 bridgehead atoms. The molecule has 30 heavy (non-hydrogen) atoms. The summed E-state index contributed by atoms with van der Waals surface area (Å²) in [5.74, 6) is 1.62. The number of thiazole rings is 1. The average Bonchev–Trinajstić information content (AvgIpc) is 3.25. The van der Waals surface area contributed by atoms with Gasteiger partial charge in [-0.05, 0) is 46.6 Å². The van der Waals surface area contributed by atoms with E-state index in [2.05, 4.69) is 30.3 Å². The highest BCUT2D eigenvalue weighted by atomic mass is 32.1. The molecule has 1 aliphatic heterocycles. The minimum Gasteiger partial charge on any atom is -0.356 e. The molecule has 1 fully saturated rings. The van der Waals surface area contributed by atoms with Crippen LogP contribution in [0.1, 0.15) is 39.8 Å². The number of rotatable bonds is 5. The summed E-state index contributed by atoms with van der Waals surface area (Å²) >= 11 is 1.64. The molecule has 1 aliphatic rings. The number of piperidine rings is 1. The third-order valence-corrected chi connectivity index (χ3v) is 6.48. The summed E-state index contributed by atoms with van der Waals surface area (Å²) < 4.78 is 1.83. The number of aromatic nitrogens is 5. The van der Waals surface area contributed by atoms with Crippen molar-refractivity contribution in [2.45, 2.75) is 47.1 Å². The summed E-state index contributed by atoms with van der Waals surface area (Å²) in [6.07, 6.45) is 3.41. The van der Waals surface area contributed by atoms with E-state index in [9.17, 15) is 4.79 Å². The van der Waals surface area contributed by atoms with Crippen LogP contribution < -0.4 is 10.2 Å². The molecule has 8 nitrogen and oxygen atoms in total. The van der Waals surface area contributed by atoms with E-state index in [1.54, 1.807) is 17.7 Å². The molecule has 0 unspecified atom stereocenters. The Balaban J connectivity index is 1.43. The van der Waals surface area contributed by atoms with Crippen LogP contribution in [0.5, 0.6) is 0 Å². The number of hydrogen-bond acceptors (Lipinski definition) is 7. The first-order valence-electron chi connectivity index (χ1n) is 10.2. The van der Waals surface area contributed by atoms with E-state index in [0.29, 0.717) is 13.1 Å². The van der Waals surface area contributed by atoms with Crippen molar-refractivity contribution < 1.29 is 4.79 Å². The Kier molecular flexibility index (Phi) is 5.80. The van der Waals surface area contributed by atoms with E-state index in [-0.39, 0.29) is 11.8 Å². The van der Waals surface area contributed by atoms with E-state index in [1.165, 1.54) is 0 Å². The van der Waals surface area contributed by atoms with Crippen LogP contribution in [0.15, 0.2) is 18.5 Å². The molecule has 4 heterocycles. The molecule has 1 N–H and O–H groups in total. The quantitative estimate of drug-likeness (QED) is 0.676. The van der Waals surface area contributed by atoms with Crippen LogP contribution in [0.25, 0.3) is 5.82 Å². The number of aryl methyl sites for hydroxylation is 4. The molecule has 0 saturated carbocycles. The van der Waals surface area contributed by atoms with Crippen molar-refractivity contribution in [1.82, 2.24) is 30.0 Å². The van der Waals surface area contributed by atoms with Gasteiger partial charge in [-0.2, -0.15) is 5.10 Å². The SMILES string of the molecule is Cc1cc(C)n(-c2cc(N3CCC[C@@H](C(=O)NCc4sc(C)nc4C)C3)ncn2)n1. The maximum absolute atomic E-state index is 12.8. The van der Waals surface area contributed by atoms with Gasteiger partial charge in [-0.15, -0.1) is 11.3 Å².